The van der Waals surface area contributed by atoms with Crippen LogP contribution >= 0.6 is 0 Å². The Hall–Kier alpha value is -5.27. The van der Waals surface area contributed by atoms with E-state index in [4.69, 9.17) is 9.47 Å². The fourth-order valence-electron chi connectivity index (χ4n) is 5.50. The summed E-state index contributed by atoms with van der Waals surface area (Å²) in [4.78, 5) is 65.9. The van der Waals surface area contributed by atoms with Crippen molar-refractivity contribution < 1.29 is 55.4 Å². The minimum atomic E-state index is -4.41. The SMILES string of the molecule is COCCCNS(=O)(=O)c1cc(N=NC2C(=O)N(C)C(O)N(C)C2=O)ccc1-c1ccc(N=NC2C(=O)N(C)C(=O)N(C)C2=O)cc1N(CCCOC)[SH](=O)=O. The number of carbonyl (C=O) groups excluding carboxylic acids is 5. The fraction of sp³-hybridized carbons (Fsp3) is 0.469. The van der Waals surface area contributed by atoms with Gasteiger partial charge in [-0.05, 0) is 37.1 Å². The smallest absolute Gasteiger partial charge is 0.333 e. The number of sulfonamides is 1. The van der Waals surface area contributed by atoms with E-state index in [1.807, 2.05) is 0 Å². The number of thiol groups is 1. The highest BCUT2D eigenvalue weighted by atomic mass is 32.2. The number of nitrogens with zero attached hydrogens (tertiary/aromatic N) is 9. The summed E-state index contributed by atoms with van der Waals surface area (Å²) in [6, 6.07) is 3.55. The van der Waals surface area contributed by atoms with Gasteiger partial charge in [0.25, 0.3) is 23.6 Å². The quantitative estimate of drug-likeness (QED) is 0.0836. The predicted molar refractivity (Wildman–Crippen MR) is 197 cm³/mol. The van der Waals surface area contributed by atoms with Gasteiger partial charge in [0.05, 0.1) is 22.0 Å². The number of urea groups is 1. The first kappa shape index (κ1) is 43.5. The van der Waals surface area contributed by atoms with Gasteiger partial charge in [-0.1, -0.05) is 12.1 Å². The lowest BCUT2D eigenvalue weighted by Crippen LogP contribution is -2.61. The highest BCUT2D eigenvalue weighted by Crippen LogP contribution is 2.40. The number of nitrogens with one attached hydrogen (secondary N) is 1. The molecule has 2 aliphatic heterocycles. The molecular weight excluding hydrogens is 781 g/mol. The molecule has 2 N–H and O–H groups in total. The molecule has 22 nitrogen and oxygen atoms in total. The van der Waals surface area contributed by atoms with E-state index in [-0.39, 0.29) is 65.8 Å². The summed E-state index contributed by atoms with van der Waals surface area (Å²) in [5, 5.41) is 25.9. The van der Waals surface area contributed by atoms with Gasteiger partial charge in [-0.3, -0.25) is 33.3 Å². The Bertz CT molecular complexity index is 2060. The highest BCUT2D eigenvalue weighted by molar-refractivity contribution is 7.89. The minimum Gasteiger partial charge on any atom is -0.385 e. The molecule has 24 heteroatoms. The van der Waals surface area contributed by atoms with Gasteiger partial charge in [0, 0.05) is 79.8 Å². The zero-order valence-electron chi connectivity index (χ0n) is 31.3. The molecule has 0 aliphatic carbocycles. The molecule has 0 aromatic heterocycles. The molecule has 4 rings (SSSR count). The number of benzene rings is 2. The average Bonchev–Trinajstić information content (AvgIpc) is 3.18. The van der Waals surface area contributed by atoms with Gasteiger partial charge in [0.2, 0.25) is 39.3 Å². The lowest BCUT2D eigenvalue weighted by molar-refractivity contribution is -0.177. The molecule has 0 atom stereocenters. The second kappa shape index (κ2) is 18.6. The first-order valence-electron chi connectivity index (χ1n) is 16.8. The molecule has 0 radical (unpaired) electrons. The molecule has 2 fully saturated rings. The van der Waals surface area contributed by atoms with Crippen LogP contribution in [0.3, 0.4) is 0 Å². The number of rotatable bonds is 17. The summed E-state index contributed by atoms with van der Waals surface area (Å²) in [6.07, 6.45) is -1.01. The monoisotopic (exact) mass is 822 g/mol. The Morgan fingerprint density at radius 1 is 0.768 bits per heavy atom. The Morgan fingerprint density at radius 2 is 1.27 bits per heavy atom. The van der Waals surface area contributed by atoms with Gasteiger partial charge in [-0.15, -0.1) is 0 Å². The molecule has 0 bridgehead atoms. The first-order valence-corrected chi connectivity index (χ1v) is 19.4. The predicted octanol–water partition coefficient (Wildman–Crippen LogP) is 0.199. The van der Waals surface area contributed by atoms with Crippen molar-refractivity contribution in [3.63, 3.8) is 0 Å². The van der Waals surface area contributed by atoms with Crippen molar-refractivity contribution in [2.75, 3.05) is 73.0 Å². The highest BCUT2D eigenvalue weighted by Gasteiger charge is 2.44. The number of barbiturate groups is 1. The van der Waals surface area contributed by atoms with E-state index in [2.05, 4.69) is 25.2 Å². The number of methoxy groups -OCH3 is 2. The van der Waals surface area contributed by atoms with E-state index in [9.17, 15) is 45.9 Å². The van der Waals surface area contributed by atoms with Crippen molar-refractivity contribution in [1.29, 1.82) is 0 Å². The third-order valence-corrected chi connectivity index (χ3v) is 11.0. The maximum absolute atomic E-state index is 13.9. The zero-order chi connectivity index (χ0) is 41.5. The molecule has 2 heterocycles. The number of likely N-dealkylation sites (N-methyl/N-ethyl adjacent to an activating group) is 4. The van der Waals surface area contributed by atoms with Crippen molar-refractivity contribution in [3.8, 4) is 11.1 Å². The lowest BCUT2D eigenvalue weighted by atomic mass is 10.0. The van der Waals surface area contributed by atoms with Crippen LogP contribution in [0.1, 0.15) is 12.8 Å². The van der Waals surface area contributed by atoms with E-state index in [0.717, 1.165) is 20.2 Å². The third kappa shape index (κ3) is 9.39. The van der Waals surface area contributed by atoms with Crippen LogP contribution in [0.4, 0.5) is 21.9 Å². The van der Waals surface area contributed by atoms with Gasteiger partial charge in [-0.25, -0.2) is 26.4 Å². The van der Waals surface area contributed by atoms with Gasteiger partial charge in [-0.2, -0.15) is 20.5 Å². The molecule has 2 aromatic rings. The number of hydrogen-bond acceptors (Lipinski definition) is 16. The normalized spacial score (nSPS) is 18.8. The Balaban J connectivity index is 1.87. The molecule has 6 amide bonds. The van der Waals surface area contributed by atoms with Gasteiger partial charge in [0.15, 0.2) is 0 Å². The summed E-state index contributed by atoms with van der Waals surface area (Å²) in [7, 11) is -0.0279. The molecule has 2 saturated heterocycles. The zero-order valence-corrected chi connectivity index (χ0v) is 33.0. The van der Waals surface area contributed by atoms with Gasteiger partial charge >= 0.3 is 6.03 Å². The van der Waals surface area contributed by atoms with E-state index in [0.29, 0.717) is 16.2 Å². The van der Waals surface area contributed by atoms with Crippen LogP contribution in [0, 0.1) is 0 Å². The fourth-order valence-corrected chi connectivity index (χ4v) is 7.46. The summed E-state index contributed by atoms with van der Waals surface area (Å²) >= 11 is 0. The van der Waals surface area contributed by atoms with Crippen LogP contribution < -0.4 is 9.03 Å². The number of imide groups is 2. The van der Waals surface area contributed by atoms with Crippen LogP contribution in [0.15, 0.2) is 61.8 Å². The molecule has 56 heavy (non-hydrogen) atoms. The largest absolute Gasteiger partial charge is 0.385 e. The maximum Gasteiger partial charge on any atom is 0.333 e. The van der Waals surface area contributed by atoms with Crippen molar-refractivity contribution in [2.45, 2.75) is 36.2 Å². The number of anilines is 1. The summed E-state index contributed by atoms with van der Waals surface area (Å²) in [6.45, 7) is 0.228. The summed E-state index contributed by atoms with van der Waals surface area (Å²) in [5.41, 5.74) is -0.132. The van der Waals surface area contributed by atoms with Crippen LogP contribution in [0.2, 0.25) is 0 Å². The number of ether oxygens (including phenoxy) is 2. The molecule has 0 spiro atoms. The van der Waals surface area contributed by atoms with E-state index < -0.39 is 69.0 Å². The number of aliphatic hydroxyl groups is 1. The molecule has 2 aromatic carbocycles. The number of azo groups is 2. The van der Waals surface area contributed by atoms with Crippen LogP contribution in [-0.4, -0.2) is 158 Å². The Kier molecular flexibility index (Phi) is 14.4. The average molecular weight is 823 g/mol. The third-order valence-electron chi connectivity index (χ3n) is 8.67. The first-order chi connectivity index (χ1) is 26.5. The number of aliphatic hydroxyl groups excluding tert-OH is 1. The second-order valence-electron chi connectivity index (χ2n) is 12.4. The molecule has 0 unspecified atom stereocenters. The minimum absolute atomic E-state index is 0.0120. The number of carbonyl (C=O) groups is 5. The van der Waals surface area contributed by atoms with Crippen LogP contribution in [-0.2, 0) is 49.6 Å². The topological polar surface area (TPSA) is 270 Å². The van der Waals surface area contributed by atoms with Crippen LogP contribution in [0.5, 0.6) is 0 Å². The number of amides is 6. The summed E-state index contributed by atoms with van der Waals surface area (Å²) < 4.78 is 67.0. The van der Waals surface area contributed by atoms with E-state index in [1.54, 1.807) is 0 Å². The van der Waals surface area contributed by atoms with Crippen LogP contribution in [0.25, 0.3) is 11.1 Å². The van der Waals surface area contributed by atoms with Gasteiger partial charge in [0.1, 0.15) is 0 Å². The second-order valence-corrected chi connectivity index (χ2v) is 15.1. The summed E-state index contributed by atoms with van der Waals surface area (Å²) in [5.74, 6) is -3.55. The number of hydrogen-bond donors (Lipinski definition) is 3. The van der Waals surface area contributed by atoms with E-state index in [1.165, 1.54) is 72.7 Å². The molecule has 0 saturated carbocycles. The maximum atomic E-state index is 13.9. The molecule has 304 valence electrons. The van der Waals surface area contributed by atoms with Crippen molar-refractivity contribution in [2.24, 2.45) is 20.5 Å². The standard InChI is InChI=1S/C32H42N10O12S2/c1-38-27(43)25(28(44)39(2)31(38)47)36-34-19-9-11-21(23(17-19)42(55(49)50)14-8-16-54-6)22-12-10-20(18-24(22)56(51,52)33-13-7-15-53-5)35-37-26-29(45)40(3)32(48)41(4)30(26)46/h9-12,17-18,25-26,32-33,48,55H,7-8,13-16H2,1-6H3. The molecule has 2 aliphatic rings. The van der Waals surface area contributed by atoms with Crippen molar-refractivity contribution >= 4 is 67.6 Å². The van der Waals surface area contributed by atoms with E-state index >= 15 is 0 Å². The lowest BCUT2D eigenvalue weighted by Gasteiger charge is -2.37. The Labute approximate surface area is 323 Å². The Morgan fingerprint density at radius 3 is 1.80 bits per heavy atom. The van der Waals surface area contributed by atoms with Crippen molar-refractivity contribution in [1.82, 2.24) is 24.3 Å². The van der Waals surface area contributed by atoms with Gasteiger partial charge < -0.3 is 24.4 Å². The van der Waals surface area contributed by atoms with Crippen molar-refractivity contribution in [3.05, 3.63) is 36.4 Å². The molecular formula is C32H42N10O12S2.